The number of halogens is 2. The largest absolute Gasteiger partial charge is 0.314 e. The van der Waals surface area contributed by atoms with E-state index in [0.29, 0.717) is 5.92 Å². The van der Waals surface area contributed by atoms with Crippen molar-refractivity contribution in [3.63, 3.8) is 0 Å². The van der Waals surface area contributed by atoms with Crippen LogP contribution in [0.15, 0.2) is 24.3 Å². The molecule has 1 aromatic rings. The Kier molecular flexibility index (Phi) is 5.82. The Labute approximate surface area is 127 Å². The van der Waals surface area contributed by atoms with Crippen LogP contribution in [0.1, 0.15) is 37.3 Å². The van der Waals surface area contributed by atoms with Crippen LogP contribution in [-0.2, 0) is 0 Å². The standard InChI is InChI=1S/C16H23FN2.ClH/c17-15-8-4-3-7-14(15)16(13-5-1-2-6-13)19-11-9-18-10-12-19;/h3-4,7-8,13,16,18H,1-2,5-6,9-12H2;1H/t16-;/m1./s1. The van der Waals surface area contributed by atoms with Crippen LogP contribution in [0.2, 0.25) is 0 Å². The summed E-state index contributed by atoms with van der Waals surface area (Å²) in [6, 6.07) is 7.65. The van der Waals surface area contributed by atoms with E-state index < -0.39 is 0 Å². The van der Waals surface area contributed by atoms with Crippen molar-refractivity contribution in [3.8, 4) is 0 Å². The molecule has 0 spiro atoms. The molecule has 112 valence electrons. The first-order valence-corrected chi connectivity index (χ1v) is 7.55. The zero-order valence-electron chi connectivity index (χ0n) is 11.9. The van der Waals surface area contributed by atoms with Crippen molar-refractivity contribution in [3.05, 3.63) is 35.6 Å². The maximum Gasteiger partial charge on any atom is 0.127 e. The van der Waals surface area contributed by atoms with Gasteiger partial charge in [-0.3, -0.25) is 4.90 Å². The average molecular weight is 299 g/mol. The Morgan fingerprint density at radius 3 is 2.40 bits per heavy atom. The van der Waals surface area contributed by atoms with Gasteiger partial charge in [-0.1, -0.05) is 31.0 Å². The summed E-state index contributed by atoms with van der Waals surface area (Å²) in [6.45, 7) is 4.13. The van der Waals surface area contributed by atoms with Gasteiger partial charge in [0, 0.05) is 37.8 Å². The minimum Gasteiger partial charge on any atom is -0.314 e. The third-order valence-corrected chi connectivity index (χ3v) is 4.62. The Bertz CT molecular complexity index is 415. The Balaban J connectivity index is 0.00000147. The summed E-state index contributed by atoms with van der Waals surface area (Å²) < 4.78 is 14.2. The van der Waals surface area contributed by atoms with Crippen molar-refractivity contribution >= 4 is 12.4 Å². The predicted octanol–water partition coefficient (Wildman–Crippen LogP) is 3.38. The predicted molar refractivity (Wildman–Crippen MR) is 82.8 cm³/mol. The van der Waals surface area contributed by atoms with E-state index in [1.165, 1.54) is 25.7 Å². The number of rotatable bonds is 3. The minimum atomic E-state index is -0.0297. The molecule has 0 radical (unpaired) electrons. The monoisotopic (exact) mass is 298 g/mol. The van der Waals surface area contributed by atoms with Gasteiger partial charge in [-0.2, -0.15) is 0 Å². The molecule has 1 saturated carbocycles. The lowest BCUT2D eigenvalue weighted by atomic mass is 9.89. The smallest absolute Gasteiger partial charge is 0.127 e. The molecule has 1 aliphatic heterocycles. The molecule has 1 aromatic carbocycles. The highest BCUT2D eigenvalue weighted by Gasteiger charge is 2.33. The van der Waals surface area contributed by atoms with Crippen molar-refractivity contribution in [1.29, 1.82) is 0 Å². The molecule has 4 heteroatoms. The fourth-order valence-electron chi connectivity index (χ4n) is 3.70. The quantitative estimate of drug-likeness (QED) is 0.920. The van der Waals surface area contributed by atoms with E-state index in [9.17, 15) is 4.39 Å². The summed E-state index contributed by atoms with van der Waals surface area (Å²) in [6.07, 6.45) is 5.12. The van der Waals surface area contributed by atoms with Gasteiger partial charge >= 0.3 is 0 Å². The van der Waals surface area contributed by atoms with Gasteiger partial charge < -0.3 is 5.32 Å². The summed E-state index contributed by atoms with van der Waals surface area (Å²) in [5.41, 5.74) is 0.913. The second-order valence-corrected chi connectivity index (χ2v) is 5.80. The Hall–Kier alpha value is -0.640. The van der Waals surface area contributed by atoms with E-state index in [-0.39, 0.29) is 24.3 Å². The number of hydrogen-bond donors (Lipinski definition) is 1. The van der Waals surface area contributed by atoms with Crippen LogP contribution in [0.4, 0.5) is 4.39 Å². The Morgan fingerprint density at radius 1 is 1.10 bits per heavy atom. The maximum atomic E-state index is 14.2. The first-order valence-electron chi connectivity index (χ1n) is 7.55. The highest BCUT2D eigenvalue weighted by molar-refractivity contribution is 5.85. The molecule has 1 saturated heterocycles. The molecule has 1 atom stereocenters. The van der Waals surface area contributed by atoms with Gasteiger partial charge in [0.2, 0.25) is 0 Å². The molecule has 1 heterocycles. The van der Waals surface area contributed by atoms with Crippen LogP contribution in [0.25, 0.3) is 0 Å². The number of benzene rings is 1. The summed E-state index contributed by atoms with van der Waals surface area (Å²) in [4.78, 5) is 2.49. The number of nitrogens with zero attached hydrogens (tertiary/aromatic N) is 1. The molecule has 2 fully saturated rings. The number of piperazine rings is 1. The zero-order chi connectivity index (χ0) is 13.1. The van der Waals surface area contributed by atoms with Crippen molar-refractivity contribution in [2.24, 2.45) is 5.92 Å². The van der Waals surface area contributed by atoms with Crippen molar-refractivity contribution in [2.45, 2.75) is 31.7 Å². The topological polar surface area (TPSA) is 15.3 Å². The third kappa shape index (κ3) is 3.33. The fraction of sp³-hybridized carbons (Fsp3) is 0.625. The summed E-state index contributed by atoms with van der Waals surface area (Å²) in [5.74, 6) is 0.605. The number of nitrogens with one attached hydrogen (secondary N) is 1. The molecule has 0 unspecified atom stereocenters. The van der Waals surface area contributed by atoms with Gasteiger partial charge in [0.05, 0.1) is 0 Å². The first kappa shape index (κ1) is 15.7. The van der Waals surface area contributed by atoms with Gasteiger partial charge in [-0.05, 0) is 24.8 Å². The second-order valence-electron chi connectivity index (χ2n) is 5.80. The molecule has 0 bridgehead atoms. The van der Waals surface area contributed by atoms with Gasteiger partial charge in [0.1, 0.15) is 5.82 Å². The zero-order valence-corrected chi connectivity index (χ0v) is 12.7. The van der Waals surface area contributed by atoms with Crippen LogP contribution < -0.4 is 5.32 Å². The summed E-state index contributed by atoms with van der Waals surface area (Å²) >= 11 is 0. The summed E-state index contributed by atoms with van der Waals surface area (Å²) in [5, 5.41) is 3.39. The molecule has 2 aliphatic rings. The van der Waals surface area contributed by atoms with Crippen LogP contribution >= 0.6 is 12.4 Å². The lowest BCUT2D eigenvalue weighted by molar-refractivity contribution is 0.122. The van der Waals surface area contributed by atoms with Gasteiger partial charge in [0.15, 0.2) is 0 Å². The van der Waals surface area contributed by atoms with Crippen molar-refractivity contribution in [1.82, 2.24) is 10.2 Å². The molecular weight excluding hydrogens is 275 g/mol. The highest BCUT2D eigenvalue weighted by atomic mass is 35.5. The average Bonchev–Trinajstić information content (AvgIpc) is 2.96. The van der Waals surface area contributed by atoms with Crippen LogP contribution in [0, 0.1) is 11.7 Å². The molecule has 20 heavy (non-hydrogen) atoms. The number of hydrogen-bond acceptors (Lipinski definition) is 2. The molecule has 1 aliphatic carbocycles. The SMILES string of the molecule is Cl.Fc1ccccc1[C@@H](C1CCCC1)N1CCNCC1. The van der Waals surface area contributed by atoms with Gasteiger partial charge in [-0.15, -0.1) is 12.4 Å². The second kappa shape index (κ2) is 7.39. The first-order chi connectivity index (χ1) is 9.36. The molecule has 3 rings (SSSR count). The van der Waals surface area contributed by atoms with E-state index in [2.05, 4.69) is 10.2 Å². The molecule has 0 amide bonds. The van der Waals surface area contributed by atoms with Gasteiger partial charge in [-0.25, -0.2) is 4.39 Å². The lowest BCUT2D eigenvalue weighted by Crippen LogP contribution is -2.46. The van der Waals surface area contributed by atoms with E-state index in [1.54, 1.807) is 12.1 Å². The fourth-order valence-corrected chi connectivity index (χ4v) is 3.70. The molecule has 0 aromatic heterocycles. The van der Waals surface area contributed by atoms with E-state index >= 15 is 0 Å². The minimum absolute atomic E-state index is 0. The molecular formula is C16H24ClFN2. The van der Waals surface area contributed by atoms with Crippen molar-refractivity contribution < 1.29 is 4.39 Å². The van der Waals surface area contributed by atoms with Gasteiger partial charge in [0.25, 0.3) is 0 Å². The lowest BCUT2D eigenvalue weighted by Gasteiger charge is -2.38. The Morgan fingerprint density at radius 2 is 1.75 bits per heavy atom. The van der Waals surface area contributed by atoms with Crippen LogP contribution in [-0.4, -0.2) is 31.1 Å². The van der Waals surface area contributed by atoms with Crippen LogP contribution in [0.3, 0.4) is 0 Å². The third-order valence-electron chi connectivity index (χ3n) is 4.62. The molecule has 1 N–H and O–H groups in total. The highest BCUT2D eigenvalue weighted by Crippen LogP contribution is 2.40. The summed E-state index contributed by atoms with van der Waals surface area (Å²) in [7, 11) is 0. The maximum absolute atomic E-state index is 14.2. The van der Waals surface area contributed by atoms with Crippen LogP contribution in [0.5, 0.6) is 0 Å². The molecule has 2 nitrogen and oxygen atoms in total. The van der Waals surface area contributed by atoms with E-state index in [1.807, 2.05) is 12.1 Å². The van der Waals surface area contributed by atoms with E-state index in [4.69, 9.17) is 0 Å². The van der Waals surface area contributed by atoms with Crippen molar-refractivity contribution in [2.75, 3.05) is 26.2 Å². The van der Waals surface area contributed by atoms with E-state index in [0.717, 1.165) is 31.7 Å². The normalized spacial score (nSPS) is 22.4.